The van der Waals surface area contributed by atoms with Crippen LogP contribution < -0.4 is 5.32 Å². The number of nitrogens with one attached hydrogen (secondary N) is 1. The van der Waals surface area contributed by atoms with Gasteiger partial charge in [-0.05, 0) is 61.7 Å². The average Bonchev–Trinajstić information content (AvgIpc) is 2.95. The van der Waals surface area contributed by atoms with E-state index in [0.717, 1.165) is 32.1 Å². The number of hydrogen-bond acceptors (Lipinski definition) is 2. The van der Waals surface area contributed by atoms with Gasteiger partial charge < -0.3 is 10.4 Å². The SMILES string of the molecule is C[C@@H]1C[C@H](NC(=O)[C@H]2[C@H]3CC[C@@H](C3)[C@H]2C(=O)O)CC(C)(C)C1. The second-order valence-electron chi connectivity index (χ2n) is 8.84. The van der Waals surface area contributed by atoms with Crippen LogP contribution in [-0.2, 0) is 9.59 Å². The lowest BCUT2D eigenvalue weighted by Crippen LogP contribution is -2.48. The maximum Gasteiger partial charge on any atom is 0.307 e. The minimum Gasteiger partial charge on any atom is -0.481 e. The Kier molecular flexibility index (Phi) is 3.98. The van der Waals surface area contributed by atoms with Crippen molar-refractivity contribution in [2.75, 3.05) is 0 Å². The van der Waals surface area contributed by atoms with Crippen molar-refractivity contribution in [1.29, 1.82) is 0 Å². The summed E-state index contributed by atoms with van der Waals surface area (Å²) in [6, 6.07) is 0.208. The lowest BCUT2D eigenvalue weighted by Gasteiger charge is -2.40. The predicted molar refractivity (Wildman–Crippen MR) is 84.2 cm³/mol. The van der Waals surface area contributed by atoms with Gasteiger partial charge >= 0.3 is 5.97 Å². The normalized spacial score (nSPS) is 43.0. The van der Waals surface area contributed by atoms with E-state index in [2.05, 4.69) is 26.1 Å². The van der Waals surface area contributed by atoms with Crippen molar-refractivity contribution in [2.24, 2.45) is 35.0 Å². The van der Waals surface area contributed by atoms with Crippen LogP contribution in [0.15, 0.2) is 0 Å². The first kappa shape index (κ1) is 15.8. The largest absolute Gasteiger partial charge is 0.481 e. The molecule has 4 nitrogen and oxygen atoms in total. The zero-order valence-electron chi connectivity index (χ0n) is 14.0. The molecule has 0 aromatic rings. The van der Waals surface area contributed by atoms with E-state index in [1.54, 1.807) is 0 Å². The Labute approximate surface area is 133 Å². The second kappa shape index (κ2) is 5.54. The van der Waals surface area contributed by atoms with Crippen LogP contribution >= 0.6 is 0 Å². The molecule has 4 heteroatoms. The van der Waals surface area contributed by atoms with Crippen LogP contribution in [0.25, 0.3) is 0 Å². The lowest BCUT2D eigenvalue weighted by atomic mass is 9.70. The highest BCUT2D eigenvalue weighted by Crippen LogP contribution is 2.52. The molecule has 6 atom stereocenters. The topological polar surface area (TPSA) is 66.4 Å². The molecule has 0 spiro atoms. The minimum absolute atomic E-state index is 0.00880. The first-order valence-electron chi connectivity index (χ1n) is 8.80. The van der Waals surface area contributed by atoms with Crippen LogP contribution in [0.4, 0.5) is 0 Å². The molecular formula is C18H29NO3. The maximum atomic E-state index is 12.8. The number of amides is 1. The highest BCUT2D eigenvalue weighted by molar-refractivity contribution is 5.86. The van der Waals surface area contributed by atoms with Crippen LogP contribution in [0, 0.1) is 35.0 Å². The first-order valence-corrected chi connectivity index (χ1v) is 8.80. The smallest absolute Gasteiger partial charge is 0.307 e. The van der Waals surface area contributed by atoms with Crippen LogP contribution in [-0.4, -0.2) is 23.0 Å². The zero-order valence-corrected chi connectivity index (χ0v) is 14.0. The summed E-state index contributed by atoms with van der Waals surface area (Å²) < 4.78 is 0. The van der Waals surface area contributed by atoms with Crippen molar-refractivity contribution in [3.63, 3.8) is 0 Å². The number of hydrogen-bond donors (Lipinski definition) is 2. The molecule has 124 valence electrons. The van der Waals surface area contributed by atoms with Gasteiger partial charge in [0.2, 0.25) is 5.91 Å². The van der Waals surface area contributed by atoms with Crippen LogP contribution in [0.2, 0.25) is 0 Å². The van der Waals surface area contributed by atoms with Gasteiger partial charge in [-0.25, -0.2) is 0 Å². The average molecular weight is 307 g/mol. The van der Waals surface area contributed by atoms with Gasteiger partial charge in [-0.2, -0.15) is 0 Å². The molecule has 3 rings (SSSR count). The predicted octanol–water partition coefficient (Wildman–Crippen LogP) is 3.06. The molecule has 3 aliphatic rings. The number of carboxylic acid groups (broad SMARTS) is 1. The Morgan fingerprint density at radius 3 is 2.27 bits per heavy atom. The van der Waals surface area contributed by atoms with Crippen LogP contribution in [0.1, 0.15) is 59.3 Å². The molecule has 0 radical (unpaired) electrons. The standard InChI is InChI=1S/C18H29NO3/c1-10-6-13(9-18(2,3)8-10)19-16(20)14-11-4-5-12(7-11)15(14)17(21)22/h10-15H,4-9H2,1-3H3,(H,19,20)(H,21,22)/t10-,11+,12+,13+,14+,15-/m1/s1. The van der Waals surface area contributed by atoms with E-state index < -0.39 is 11.9 Å². The fourth-order valence-electron chi connectivity index (χ4n) is 5.78. The van der Waals surface area contributed by atoms with Gasteiger partial charge in [-0.1, -0.05) is 20.8 Å². The highest BCUT2D eigenvalue weighted by Gasteiger charge is 2.54. The minimum atomic E-state index is -0.773. The first-order chi connectivity index (χ1) is 10.3. The molecule has 3 fully saturated rings. The van der Waals surface area contributed by atoms with Gasteiger partial charge in [0, 0.05) is 6.04 Å². The summed E-state index contributed by atoms with van der Waals surface area (Å²) in [5, 5.41) is 12.7. The van der Waals surface area contributed by atoms with Gasteiger partial charge in [0.25, 0.3) is 0 Å². The van der Waals surface area contributed by atoms with Crippen molar-refractivity contribution in [3.8, 4) is 0 Å². The molecule has 0 saturated heterocycles. The molecule has 2 bridgehead atoms. The number of rotatable bonds is 3. The molecule has 0 aromatic heterocycles. The van der Waals surface area contributed by atoms with E-state index in [-0.39, 0.29) is 29.2 Å². The van der Waals surface area contributed by atoms with Crippen molar-refractivity contribution in [1.82, 2.24) is 5.32 Å². The van der Waals surface area contributed by atoms with Crippen molar-refractivity contribution >= 4 is 11.9 Å². The highest BCUT2D eigenvalue weighted by atomic mass is 16.4. The van der Waals surface area contributed by atoms with Crippen molar-refractivity contribution in [3.05, 3.63) is 0 Å². The maximum absolute atomic E-state index is 12.8. The van der Waals surface area contributed by atoms with Gasteiger partial charge in [0.1, 0.15) is 0 Å². The summed E-state index contributed by atoms with van der Waals surface area (Å²) >= 11 is 0. The zero-order chi connectivity index (χ0) is 16.1. The van der Waals surface area contributed by atoms with E-state index in [1.807, 2.05) is 0 Å². The Morgan fingerprint density at radius 1 is 1.05 bits per heavy atom. The molecule has 0 aromatic carbocycles. The summed E-state index contributed by atoms with van der Waals surface area (Å²) in [6.07, 6.45) is 6.17. The molecule has 3 aliphatic carbocycles. The number of carbonyl (C=O) groups excluding carboxylic acids is 1. The Bertz CT molecular complexity index is 473. The molecule has 0 aliphatic heterocycles. The number of carboxylic acids is 1. The van der Waals surface area contributed by atoms with E-state index in [4.69, 9.17) is 0 Å². The van der Waals surface area contributed by atoms with Gasteiger partial charge in [-0.3, -0.25) is 9.59 Å². The van der Waals surface area contributed by atoms with Crippen LogP contribution in [0.5, 0.6) is 0 Å². The summed E-state index contributed by atoms with van der Waals surface area (Å²) in [5.41, 5.74) is 0.260. The lowest BCUT2D eigenvalue weighted by molar-refractivity contribution is -0.149. The Balaban J connectivity index is 1.68. The van der Waals surface area contributed by atoms with E-state index in [9.17, 15) is 14.7 Å². The van der Waals surface area contributed by atoms with Gasteiger partial charge in [0.05, 0.1) is 11.8 Å². The third-order valence-corrected chi connectivity index (χ3v) is 6.24. The van der Waals surface area contributed by atoms with Crippen LogP contribution in [0.3, 0.4) is 0 Å². The Morgan fingerprint density at radius 2 is 1.68 bits per heavy atom. The summed E-state index contributed by atoms with van der Waals surface area (Å²) in [6.45, 7) is 6.77. The number of aliphatic carboxylic acids is 1. The molecule has 1 amide bonds. The van der Waals surface area contributed by atoms with Gasteiger partial charge in [0.15, 0.2) is 0 Å². The quantitative estimate of drug-likeness (QED) is 0.842. The fourth-order valence-corrected chi connectivity index (χ4v) is 5.78. The molecule has 0 unspecified atom stereocenters. The molecule has 2 N–H and O–H groups in total. The summed E-state index contributed by atoms with van der Waals surface area (Å²) in [4.78, 5) is 24.3. The monoisotopic (exact) mass is 307 g/mol. The second-order valence-corrected chi connectivity index (χ2v) is 8.84. The Hall–Kier alpha value is -1.06. The third-order valence-electron chi connectivity index (χ3n) is 6.24. The van der Waals surface area contributed by atoms with Crippen molar-refractivity contribution in [2.45, 2.75) is 65.3 Å². The molecule has 0 heterocycles. The molecular weight excluding hydrogens is 278 g/mol. The van der Waals surface area contributed by atoms with E-state index >= 15 is 0 Å². The molecule has 3 saturated carbocycles. The van der Waals surface area contributed by atoms with Gasteiger partial charge in [-0.15, -0.1) is 0 Å². The van der Waals surface area contributed by atoms with E-state index in [0.29, 0.717) is 11.8 Å². The summed E-state index contributed by atoms with van der Waals surface area (Å²) in [7, 11) is 0. The van der Waals surface area contributed by atoms with Crippen molar-refractivity contribution < 1.29 is 14.7 Å². The fraction of sp³-hybridized carbons (Fsp3) is 0.889. The number of carbonyl (C=O) groups is 2. The third kappa shape index (κ3) is 2.89. The summed E-state index contributed by atoms with van der Waals surface area (Å²) in [5.74, 6) is -0.381. The number of fused-ring (bicyclic) bond motifs is 2. The van der Waals surface area contributed by atoms with E-state index in [1.165, 1.54) is 6.42 Å². The molecule has 22 heavy (non-hydrogen) atoms.